The molecule has 41 heavy (non-hydrogen) atoms. The highest BCUT2D eigenvalue weighted by molar-refractivity contribution is 7.90. The fraction of sp³-hybridized carbons (Fsp3) is 0.444. The molecule has 10 nitrogen and oxygen atoms in total. The van der Waals surface area contributed by atoms with E-state index < -0.39 is 40.1 Å². The third-order valence-corrected chi connectivity index (χ3v) is 8.42. The van der Waals surface area contributed by atoms with Crippen molar-refractivity contribution in [3.63, 3.8) is 0 Å². The summed E-state index contributed by atoms with van der Waals surface area (Å²) in [4.78, 5) is 23.3. The Kier molecular flexibility index (Phi) is 8.96. The molecule has 2 aromatic carbocycles. The first-order valence-corrected chi connectivity index (χ1v) is 14.0. The average Bonchev–Trinajstić information content (AvgIpc) is 2.85. The highest BCUT2D eigenvalue weighted by Gasteiger charge is 2.41. The number of nitrogens with one attached hydrogen (secondary N) is 2. The van der Waals surface area contributed by atoms with Gasteiger partial charge in [0.1, 0.15) is 17.4 Å². The maximum Gasteiger partial charge on any atom is 0.471 e. The van der Waals surface area contributed by atoms with E-state index in [0.717, 1.165) is 19.1 Å². The standard InChI is InChI=1S/C27H33F3N4O6S/c1-14-15(2)22(16(3)19-11-12-26(4,5)40-21(14)19)41(37,38)34-25(31)32-18-9-7-17(8-10-18)13-20(23(35)39-6)33-24(36)27(28,29)30/h7-10,20H,11-13H2,1-6H3,(H,33,36)(H3,31,32,34)/t20-/m0/s1. The van der Waals surface area contributed by atoms with Crippen LogP contribution in [-0.2, 0) is 37.2 Å². The summed E-state index contributed by atoms with van der Waals surface area (Å²) in [6, 6.07) is 4.27. The van der Waals surface area contributed by atoms with Crippen LogP contribution in [0.1, 0.15) is 48.1 Å². The van der Waals surface area contributed by atoms with Gasteiger partial charge in [0.2, 0.25) is 5.96 Å². The lowest BCUT2D eigenvalue weighted by atomic mass is 9.88. The van der Waals surface area contributed by atoms with E-state index in [4.69, 9.17) is 10.5 Å². The second-order valence-electron chi connectivity index (χ2n) is 10.4. The van der Waals surface area contributed by atoms with E-state index in [9.17, 15) is 31.2 Å². The van der Waals surface area contributed by atoms with E-state index in [2.05, 4.69) is 14.5 Å². The number of anilines is 1. The molecule has 0 aliphatic carbocycles. The highest BCUT2D eigenvalue weighted by Crippen LogP contribution is 2.42. The van der Waals surface area contributed by atoms with Crippen molar-refractivity contribution >= 4 is 33.5 Å². The molecular weight excluding hydrogens is 565 g/mol. The van der Waals surface area contributed by atoms with Crippen LogP contribution in [-0.4, -0.2) is 51.2 Å². The van der Waals surface area contributed by atoms with Crippen molar-refractivity contribution in [3.05, 3.63) is 52.1 Å². The Bertz CT molecular complexity index is 1490. The number of nitrogens with two attached hydrogens (primary N) is 1. The minimum absolute atomic E-state index is 0.0620. The molecule has 1 aliphatic rings. The Morgan fingerprint density at radius 3 is 2.29 bits per heavy atom. The Balaban J connectivity index is 1.81. The van der Waals surface area contributed by atoms with Crippen LogP contribution in [0.2, 0.25) is 0 Å². The van der Waals surface area contributed by atoms with Gasteiger partial charge in [-0.15, -0.1) is 4.40 Å². The van der Waals surface area contributed by atoms with Crippen LogP contribution in [0.25, 0.3) is 0 Å². The first-order valence-electron chi connectivity index (χ1n) is 12.6. The van der Waals surface area contributed by atoms with Crippen LogP contribution in [0.15, 0.2) is 33.6 Å². The Morgan fingerprint density at radius 1 is 1.12 bits per heavy atom. The summed E-state index contributed by atoms with van der Waals surface area (Å²) in [5.74, 6) is -3.04. The van der Waals surface area contributed by atoms with Crippen molar-refractivity contribution in [1.82, 2.24) is 5.32 Å². The van der Waals surface area contributed by atoms with E-state index >= 15 is 0 Å². The van der Waals surface area contributed by atoms with E-state index in [1.165, 1.54) is 24.3 Å². The number of hydrogen-bond donors (Lipinski definition) is 3. The van der Waals surface area contributed by atoms with Gasteiger partial charge in [0, 0.05) is 12.1 Å². The monoisotopic (exact) mass is 598 g/mol. The van der Waals surface area contributed by atoms with Gasteiger partial charge in [-0.1, -0.05) is 12.1 Å². The SMILES string of the molecule is COC(=O)[C@H](Cc1ccc(NC(N)=NS(=O)(=O)c2c(C)c(C)c3c(c2C)CCC(C)(C)O3)cc1)NC(=O)C(F)(F)F. The minimum atomic E-state index is -5.17. The number of esters is 1. The molecule has 4 N–H and O–H groups in total. The molecule has 1 aliphatic heterocycles. The predicted octanol–water partition coefficient (Wildman–Crippen LogP) is 3.59. The molecule has 1 amide bonds. The lowest BCUT2D eigenvalue weighted by Gasteiger charge is -2.35. The molecule has 0 aromatic heterocycles. The normalized spacial score (nSPS) is 15.8. The van der Waals surface area contributed by atoms with Crippen LogP contribution in [0.5, 0.6) is 5.75 Å². The summed E-state index contributed by atoms with van der Waals surface area (Å²) in [5.41, 5.74) is 8.88. The van der Waals surface area contributed by atoms with Gasteiger partial charge in [0.05, 0.1) is 12.0 Å². The van der Waals surface area contributed by atoms with E-state index in [1.54, 1.807) is 26.1 Å². The van der Waals surface area contributed by atoms with Crippen LogP contribution in [0.4, 0.5) is 18.9 Å². The fourth-order valence-electron chi connectivity index (χ4n) is 4.62. The molecule has 3 rings (SSSR count). The van der Waals surface area contributed by atoms with Gasteiger partial charge in [0.25, 0.3) is 10.0 Å². The summed E-state index contributed by atoms with van der Waals surface area (Å²) in [7, 11) is -3.24. The van der Waals surface area contributed by atoms with Gasteiger partial charge >= 0.3 is 18.1 Å². The van der Waals surface area contributed by atoms with Gasteiger partial charge in [-0.3, -0.25) is 4.79 Å². The number of carbonyl (C=O) groups is 2. The van der Waals surface area contributed by atoms with Crippen molar-refractivity contribution in [2.45, 2.75) is 76.6 Å². The Morgan fingerprint density at radius 2 is 1.73 bits per heavy atom. The van der Waals surface area contributed by atoms with E-state index in [0.29, 0.717) is 40.1 Å². The summed E-state index contributed by atoms with van der Waals surface area (Å²) >= 11 is 0. The minimum Gasteiger partial charge on any atom is -0.487 e. The zero-order valence-corrected chi connectivity index (χ0v) is 24.3. The summed E-state index contributed by atoms with van der Waals surface area (Å²) in [6.07, 6.45) is -4.08. The van der Waals surface area contributed by atoms with Gasteiger partial charge < -0.3 is 25.8 Å². The third-order valence-electron chi connectivity index (χ3n) is 6.86. The second kappa shape index (κ2) is 11.6. The molecule has 0 spiro atoms. The average molecular weight is 599 g/mol. The number of rotatable bonds is 7. The molecule has 14 heteroatoms. The highest BCUT2D eigenvalue weighted by atomic mass is 32.2. The number of nitrogens with zero attached hydrogens (tertiary/aromatic N) is 1. The molecule has 0 bridgehead atoms. The van der Waals surface area contributed by atoms with Crippen molar-refractivity contribution in [2.24, 2.45) is 10.1 Å². The molecule has 0 saturated carbocycles. The number of sulfonamides is 1. The molecule has 0 fully saturated rings. The molecule has 224 valence electrons. The first kappa shape index (κ1) is 31.7. The molecule has 0 saturated heterocycles. The number of carbonyl (C=O) groups excluding carboxylic acids is 2. The van der Waals surface area contributed by atoms with Crippen LogP contribution in [0, 0.1) is 20.8 Å². The first-order chi connectivity index (χ1) is 18.9. The Labute approximate surface area is 236 Å². The number of amides is 1. The molecular formula is C27H33F3N4O6S. The quantitative estimate of drug-likeness (QED) is 0.249. The van der Waals surface area contributed by atoms with Gasteiger partial charge in [-0.25, -0.2) is 4.79 Å². The lowest BCUT2D eigenvalue weighted by Crippen LogP contribution is -2.48. The molecule has 1 atom stereocenters. The number of methoxy groups -OCH3 is 1. The van der Waals surface area contributed by atoms with Crippen molar-refractivity contribution < 1.29 is 40.7 Å². The van der Waals surface area contributed by atoms with Crippen LogP contribution >= 0.6 is 0 Å². The lowest BCUT2D eigenvalue weighted by molar-refractivity contribution is -0.175. The smallest absolute Gasteiger partial charge is 0.471 e. The third kappa shape index (κ3) is 7.29. The molecule has 0 unspecified atom stereocenters. The largest absolute Gasteiger partial charge is 0.487 e. The van der Waals surface area contributed by atoms with E-state index in [1.807, 2.05) is 13.8 Å². The Hall–Kier alpha value is -3.81. The number of alkyl halides is 3. The second-order valence-corrected chi connectivity index (χ2v) is 11.9. The van der Waals surface area contributed by atoms with Gasteiger partial charge in [0.15, 0.2) is 0 Å². The van der Waals surface area contributed by atoms with Crippen molar-refractivity contribution in [2.75, 3.05) is 12.4 Å². The maximum absolute atomic E-state index is 13.4. The maximum atomic E-state index is 13.4. The molecule has 1 heterocycles. The topological polar surface area (TPSA) is 149 Å². The number of halogens is 3. The summed E-state index contributed by atoms with van der Waals surface area (Å²) in [5, 5.41) is 4.29. The molecule has 0 radical (unpaired) electrons. The number of hydrogen-bond acceptors (Lipinski definition) is 6. The van der Waals surface area contributed by atoms with Crippen LogP contribution < -0.4 is 21.1 Å². The zero-order chi connectivity index (χ0) is 30.9. The number of benzene rings is 2. The zero-order valence-electron chi connectivity index (χ0n) is 23.5. The van der Waals surface area contributed by atoms with Crippen molar-refractivity contribution in [3.8, 4) is 5.75 Å². The number of fused-ring (bicyclic) bond motifs is 1. The molecule has 2 aromatic rings. The van der Waals surface area contributed by atoms with Gasteiger partial charge in [-0.05, 0) is 87.4 Å². The van der Waals surface area contributed by atoms with Crippen LogP contribution in [0.3, 0.4) is 0 Å². The fourth-order valence-corrected chi connectivity index (χ4v) is 6.06. The summed E-state index contributed by atoms with van der Waals surface area (Å²) < 4.78 is 79.1. The predicted molar refractivity (Wildman–Crippen MR) is 146 cm³/mol. The van der Waals surface area contributed by atoms with Gasteiger partial charge in [-0.2, -0.15) is 21.6 Å². The van der Waals surface area contributed by atoms with E-state index in [-0.39, 0.29) is 16.9 Å². The number of guanidine groups is 1. The number of ether oxygens (including phenoxy) is 2. The summed E-state index contributed by atoms with van der Waals surface area (Å²) in [6.45, 7) is 9.18. The van der Waals surface area contributed by atoms with Crippen molar-refractivity contribution in [1.29, 1.82) is 0 Å².